The molecule has 0 fully saturated rings. The molecule has 0 atom stereocenters. The summed E-state index contributed by atoms with van der Waals surface area (Å²) >= 11 is 0. The summed E-state index contributed by atoms with van der Waals surface area (Å²) in [7, 11) is 1.70. The first-order valence-corrected chi connectivity index (χ1v) is 4.39. The van der Waals surface area contributed by atoms with E-state index in [0.717, 1.165) is 31.7 Å². The van der Waals surface area contributed by atoms with Crippen LogP contribution in [0.2, 0.25) is 0 Å². The fraction of sp³-hybridized carbons (Fsp3) is 0.667. The van der Waals surface area contributed by atoms with Crippen LogP contribution < -0.4 is 0 Å². The molecular weight excluding hydrogens is 170 g/mol. The van der Waals surface area contributed by atoms with Crippen LogP contribution in [0.5, 0.6) is 0 Å². The summed E-state index contributed by atoms with van der Waals surface area (Å²) in [5.74, 6) is 0. The lowest BCUT2D eigenvalue weighted by molar-refractivity contribution is 0.103. The summed E-state index contributed by atoms with van der Waals surface area (Å²) in [5.41, 5.74) is 0.840. The molecular formula is C9H15NO3. The van der Waals surface area contributed by atoms with Gasteiger partial charge in [0.15, 0.2) is 0 Å². The van der Waals surface area contributed by atoms with E-state index in [1.54, 1.807) is 19.4 Å². The fourth-order valence-electron chi connectivity index (χ4n) is 0.939. The normalized spacial score (nSPS) is 10.5. The molecule has 1 aromatic heterocycles. The first kappa shape index (κ1) is 10.2. The van der Waals surface area contributed by atoms with Crippen LogP contribution >= 0.6 is 0 Å². The minimum Gasteiger partial charge on any atom is -0.385 e. The zero-order valence-corrected chi connectivity index (χ0v) is 7.86. The van der Waals surface area contributed by atoms with Crippen molar-refractivity contribution in [1.29, 1.82) is 0 Å². The summed E-state index contributed by atoms with van der Waals surface area (Å²) in [4.78, 5) is 0. The Morgan fingerprint density at radius 1 is 1.38 bits per heavy atom. The molecule has 0 unspecified atom stereocenters. The van der Waals surface area contributed by atoms with Gasteiger partial charge in [0.05, 0.1) is 6.61 Å². The van der Waals surface area contributed by atoms with Crippen LogP contribution in [-0.4, -0.2) is 25.5 Å². The molecule has 0 aromatic carbocycles. The van der Waals surface area contributed by atoms with Gasteiger partial charge in [-0.1, -0.05) is 5.16 Å². The van der Waals surface area contributed by atoms with Gasteiger partial charge in [-0.15, -0.1) is 0 Å². The molecule has 0 saturated carbocycles. The fourth-order valence-corrected chi connectivity index (χ4v) is 0.939. The molecule has 4 heteroatoms. The molecule has 0 saturated heterocycles. The number of rotatable bonds is 7. The molecule has 0 aliphatic rings. The van der Waals surface area contributed by atoms with E-state index < -0.39 is 0 Å². The number of hydrogen-bond acceptors (Lipinski definition) is 4. The Kier molecular flexibility index (Phi) is 5.20. The molecule has 0 radical (unpaired) electrons. The van der Waals surface area contributed by atoms with Crippen molar-refractivity contribution < 1.29 is 14.0 Å². The van der Waals surface area contributed by atoms with Crippen molar-refractivity contribution in [3.05, 3.63) is 18.0 Å². The molecule has 13 heavy (non-hydrogen) atoms. The molecule has 1 heterocycles. The predicted octanol–water partition coefficient (Wildman–Crippen LogP) is 1.62. The van der Waals surface area contributed by atoms with Crippen LogP contribution in [0.4, 0.5) is 0 Å². The smallest absolute Gasteiger partial charge is 0.124 e. The van der Waals surface area contributed by atoms with Gasteiger partial charge in [-0.25, -0.2) is 0 Å². The van der Waals surface area contributed by atoms with Gasteiger partial charge >= 0.3 is 0 Å². The second-order valence-corrected chi connectivity index (χ2v) is 2.74. The summed E-state index contributed by atoms with van der Waals surface area (Å²) < 4.78 is 14.9. The highest BCUT2D eigenvalue weighted by molar-refractivity contribution is 4.92. The monoisotopic (exact) mass is 185 g/mol. The molecule has 74 valence electrons. The largest absolute Gasteiger partial charge is 0.385 e. The molecule has 0 bridgehead atoms. The maximum atomic E-state index is 5.35. The van der Waals surface area contributed by atoms with Crippen LogP contribution in [0.3, 0.4) is 0 Å². The Balaban J connectivity index is 1.90. The second kappa shape index (κ2) is 6.62. The first-order chi connectivity index (χ1) is 6.43. The Morgan fingerprint density at radius 3 is 2.92 bits per heavy atom. The Bertz CT molecular complexity index is 199. The third-order valence-electron chi connectivity index (χ3n) is 1.63. The summed E-state index contributed by atoms with van der Waals surface area (Å²) in [5, 5.41) is 3.73. The maximum Gasteiger partial charge on any atom is 0.124 e. The van der Waals surface area contributed by atoms with Gasteiger partial charge in [0.1, 0.15) is 12.0 Å². The summed E-state index contributed by atoms with van der Waals surface area (Å²) in [6.07, 6.45) is 3.60. The minimum absolute atomic E-state index is 0.531. The van der Waals surface area contributed by atoms with Gasteiger partial charge in [0.25, 0.3) is 0 Å². The van der Waals surface area contributed by atoms with E-state index in [0.29, 0.717) is 6.61 Å². The van der Waals surface area contributed by atoms with Gasteiger partial charge < -0.3 is 14.0 Å². The SMILES string of the molecule is COCCCCOCc1ccon1. The number of ether oxygens (including phenoxy) is 2. The van der Waals surface area contributed by atoms with E-state index in [9.17, 15) is 0 Å². The van der Waals surface area contributed by atoms with Crippen molar-refractivity contribution in [1.82, 2.24) is 5.16 Å². The number of methoxy groups -OCH3 is 1. The number of unbranched alkanes of at least 4 members (excludes halogenated alkanes) is 1. The van der Waals surface area contributed by atoms with Gasteiger partial charge in [-0.3, -0.25) is 0 Å². The van der Waals surface area contributed by atoms with Gasteiger partial charge in [-0.05, 0) is 12.8 Å². The average molecular weight is 185 g/mol. The number of hydrogen-bond donors (Lipinski definition) is 0. The highest BCUT2D eigenvalue weighted by Gasteiger charge is 1.95. The average Bonchev–Trinajstić information content (AvgIpc) is 2.63. The lowest BCUT2D eigenvalue weighted by Crippen LogP contribution is -1.97. The van der Waals surface area contributed by atoms with Gasteiger partial charge in [0.2, 0.25) is 0 Å². The minimum atomic E-state index is 0.531. The zero-order valence-electron chi connectivity index (χ0n) is 7.86. The molecule has 4 nitrogen and oxygen atoms in total. The van der Waals surface area contributed by atoms with Crippen LogP contribution in [-0.2, 0) is 16.1 Å². The highest BCUT2D eigenvalue weighted by atomic mass is 16.5. The van der Waals surface area contributed by atoms with E-state index in [1.165, 1.54) is 0 Å². The van der Waals surface area contributed by atoms with Crippen LogP contribution in [0.1, 0.15) is 18.5 Å². The van der Waals surface area contributed by atoms with Crippen LogP contribution in [0, 0.1) is 0 Å². The molecule has 0 spiro atoms. The zero-order chi connectivity index (χ0) is 9.36. The molecule has 0 aliphatic carbocycles. The van der Waals surface area contributed by atoms with Crippen molar-refractivity contribution in [2.75, 3.05) is 20.3 Å². The lowest BCUT2D eigenvalue weighted by atomic mass is 10.3. The second-order valence-electron chi connectivity index (χ2n) is 2.74. The quantitative estimate of drug-likeness (QED) is 0.605. The number of aromatic nitrogens is 1. The predicted molar refractivity (Wildman–Crippen MR) is 47.3 cm³/mol. The molecule has 0 N–H and O–H groups in total. The van der Waals surface area contributed by atoms with E-state index in [1.807, 2.05) is 0 Å². The first-order valence-electron chi connectivity index (χ1n) is 4.39. The number of nitrogens with zero attached hydrogens (tertiary/aromatic N) is 1. The lowest BCUT2D eigenvalue weighted by Gasteiger charge is -2.00. The van der Waals surface area contributed by atoms with E-state index in [4.69, 9.17) is 9.47 Å². The summed E-state index contributed by atoms with van der Waals surface area (Å²) in [6, 6.07) is 1.80. The van der Waals surface area contributed by atoms with Crippen molar-refractivity contribution in [3.8, 4) is 0 Å². The molecule has 0 amide bonds. The van der Waals surface area contributed by atoms with E-state index in [-0.39, 0.29) is 0 Å². The molecule has 0 aliphatic heterocycles. The Morgan fingerprint density at radius 2 is 2.23 bits per heavy atom. The van der Waals surface area contributed by atoms with E-state index >= 15 is 0 Å². The molecule has 1 rings (SSSR count). The van der Waals surface area contributed by atoms with Crippen LogP contribution in [0.15, 0.2) is 16.9 Å². The Hall–Kier alpha value is -0.870. The third kappa shape index (κ3) is 4.65. The standard InChI is InChI=1S/C9H15NO3/c1-11-5-2-3-6-12-8-9-4-7-13-10-9/h4,7H,2-3,5-6,8H2,1H3. The third-order valence-corrected chi connectivity index (χ3v) is 1.63. The summed E-state index contributed by atoms with van der Waals surface area (Å²) in [6.45, 7) is 2.08. The molecule has 1 aromatic rings. The Labute approximate surface area is 77.8 Å². The van der Waals surface area contributed by atoms with Crippen molar-refractivity contribution in [2.45, 2.75) is 19.4 Å². The van der Waals surface area contributed by atoms with Gasteiger partial charge in [0, 0.05) is 26.4 Å². The van der Waals surface area contributed by atoms with Gasteiger partial charge in [-0.2, -0.15) is 0 Å². The topological polar surface area (TPSA) is 44.5 Å². The van der Waals surface area contributed by atoms with Crippen molar-refractivity contribution in [2.24, 2.45) is 0 Å². The van der Waals surface area contributed by atoms with Crippen LogP contribution in [0.25, 0.3) is 0 Å². The van der Waals surface area contributed by atoms with Crippen molar-refractivity contribution >= 4 is 0 Å². The highest BCUT2D eigenvalue weighted by Crippen LogP contribution is 1.98. The van der Waals surface area contributed by atoms with Crippen molar-refractivity contribution in [3.63, 3.8) is 0 Å². The maximum absolute atomic E-state index is 5.35. The van der Waals surface area contributed by atoms with E-state index in [2.05, 4.69) is 9.68 Å².